The lowest BCUT2D eigenvalue weighted by atomic mass is 10.1. The van der Waals surface area contributed by atoms with E-state index in [2.05, 4.69) is 11.4 Å². The number of anilines is 1. The first-order chi connectivity index (χ1) is 11.3. The van der Waals surface area contributed by atoms with E-state index < -0.39 is 0 Å². The van der Waals surface area contributed by atoms with Crippen LogP contribution in [0.25, 0.3) is 16.8 Å². The summed E-state index contributed by atoms with van der Waals surface area (Å²) < 4.78 is 7.62. The first-order valence-corrected chi connectivity index (χ1v) is 8.81. The van der Waals surface area contributed by atoms with Gasteiger partial charge in [-0.3, -0.25) is 0 Å². The quantitative estimate of drug-likeness (QED) is 0.699. The molecule has 118 valence electrons. The first kappa shape index (κ1) is 15.5. The van der Waals surface area contributed by atoms with Gasteiger partial charge in [-0.2, -0.15) is 11.8 Å². The Morgan fingerprint density at radius 3 is 2.35 bits per heavy atom. The minimum absolute atomic E-state index is 0.576. The number of nitrogens with zero attached hydrogens (tertiary/aromatic N) is 2. The predicted octanol–water partition coefficient (Wildman–Crippen LogP) is 3.86. The lowest BCUT2D eigenvalue weighted by Crippen LogP contribution is -2.03. The second kappa shape index (κ2) is 7.24. The van der Waals surface area contributed by atoms with Gasteiger partial charge in [-0.1, -0.05) is 48.5 Å². The van der Waals surface area contributed by atoms with Crippen LogP contribution in [-0.4, -0.2) is 28.4 Å². The Kier molecular flexibility index (Phi) is 4.88. The minimum Gasteiger partial charge on any atom is -0.475 e. The number of benzene rings is 2. The molecule has 3 rings (SSSR count). The molecule has 0 radical (unpaired) electrons. The lowest BCUT2D eigenvalue weighted by Gasteiger charge is -2.05. The van der Waals surface area contributed by atoms with Gasteiger partial charge in [-0.25, -0.2) is 4.68 Å². The summed E-state index contributed by atoms with van der Waals surface area (Å²) in [4.78, 5) is 0. The molecule has 23 heavy (non-hydrogen) atoms. The maximum absolute atomic E-state index is 6.39. The number of hydrogen-bond acceptors (Lipinski definition) is 4. The van der Waals surface area contributed by atoms with Gasteiger partial charge in [0, 0.05) is 5.75 Å². The third-order valence-electron chi connectivity index (χ3n) is 3.48. The van der Waals surface area contributed by atoms with E-state index in [9.17, 15) is 0 Å². The molecule has 0 amide bonds. The Labute approximate surface area is 140 Å². The summed E-state index contributed by atoms with van der Waals surface area (Å²) in [6, 6.07) is 19.8. The summed E-state index contributed by atoms with van der Waals surface area (Å²) in [5, 5.41) is 4.59. The van der Waals surface area contributed by atoms with E-state index in [1.54, 1.807) is 16.4 Å². The van der Waals surface area contributed by atoms with Gasteiger partial charge in [0.2, 0.25) is 5.88 Å². The monoisotopic (exact) mass is 325 g/mol. The second-order valence-corrected chi connectivity index (χ2v) is 6.01. The highest BCUT2D eigenvalue weighted by molar-refractivity contribution is 7.98. The standard InChI is InChI=1S/C18H19N3OS/c1-23-13-12-22-18-16(14-8-4-2-5-9-14)17(19)21(20-18)15-10-6-3-7-11-15/h2-11H,12-13,19H2,1H3. The maximum Gasteiger partial charge on any atom is 0.243 e. The number of nitrogen functional groups attached to an aromatic ring is 1. The van der Waals surface area contributed by atoms with Crippen molar-refractivity contribution < 1.29 is 4.74 Å². The summed E-state index contributed by atoms with van der Waals surface area (Å²) in [5.74, 6) is 2.07. The molecule has 0 fully saturated rings. The molecule has 0 saturated heterocycles. The molecule has 5 heteroatoms. The van der Waals surface area contributed by atoms with E-state index >= 15 is 0 Å². The number of hydrogen-bond donors (Lipinski definition) is 1. The number of rotatable bonds is 6. The molecule has 2 aromatic carbocycles. The van der Waals surface area contributed by atoms with Crippen molar-refractivity contribution in [2.24, 2.45) is 0 Å². The molecule has 0 aliphatic carbocycles. The molecule has 0 unspecified atom stereocenters. The highest BCUT2D eigenvalue weighted by Gasteiger charge is 2.19. The van der Waals surface area contributed by atoms with Crippen molar-refractivity contribution in [1.82, 2.24) is 9.78 Å². The summed E-state index contributed by atoms with van der Waals surface area (Å²) in [7, 11) is 0. The zero-order valence-corrected chi connectivity index (χ0v) is 13.8. The van der Waals surface area contributed by atoms with Crippen LogP contribution in [0.4, 0.5) is 5.82 Å². The second-order valence-electron chi connectivity index (χ2n) is 5.02. The van der Waals surface area contributed by atoms with Gasteiger partial charge in [0.15, 0.2) is 0 Å². The minimum atomic E-state index is 0.576. The SMILES string of the molecule is CSCCOc1nn(-c2ccccc2)c(N)c1-c1ccccc1. The van der Waals surface area contributed by atoms with Crippen LogP contribution < -0.4 is 10.5 Å². The van der Waals surface area contributed by atoms with Crippen LogP contribution in [-0.2, 0) is 0 Å². The molecule has 3 aromatic rings. The Morgan fingerprint density at radius 2 is 1.70 bits per heavy atom. The van der Waals surface area contributed by atoms with Gasteiger partial charge < -0.3 is 10.5 Å². The highest BCUT2D eigenvalue weighted by Crippen LogP contribution is 2.36. The van der Waals surface area contributed by atoms with E-state index in [1.807, 2.05) is 60.7 Å². The van der Waals surface area contributed by atoms with Crippen LogP contribution >= 0.6 is 11.8 Å². The topological polar surface area (TPSA) is 53.1 Å². The van der Waals surface area contributed by atoms with Crippen molar-refractivity contribution >= 4 is 17.6 Å². The number of ether oxygens (including phenoxy) is 1. The van der Waals surface area contributed by atoms with Crippen LogP contribution in [0.1, 0.15) is 0 Å². The van der Waals surface area contributed by atoms with Gasteiger partial charge in [0.25, 0.3) is 0 Å². The molecule has 1 aromatic heterocycles. The van der Waals surface area contributed by atoms with Gasteiger partial charge in [-0.15, -0.1) is 5.10 Å². The van der Waals surface area contributed by atoms with E-state index in [0.29, 0.717) is 18.3 Å². The molecule has 0 saturated carbocycles. The number of thioether (sulfide) groups is 1. The summed E-state index contributed by atoms with van der Waals surface area (Å²) in [6.07, 6.45) is 2.05. The third kappa shape index (κ3) is 3.35. The molecule has 0 atom stereocenters. The summed E-state index contributed by atoms with van der Waals surface area (Å²) in [5.41, 5.74) is 9.16. The number of para-hydroxylation sites is 1. The van der Waals surface area contributed by atoms with E-state index in [-0.39, 0.29) is 0 Å². The number of aromatic nitrogens is 2. The molecule has 2 N–H and O–H groups in total. The molecule has 4 nitrogen and oxygen atoms in total. The molecular weight excluding hydrogens is 306 g/mol. The zero-order chi connectivity index (χ0) is 16.1. The average Bonchev–Trinajstić information content (AvgIpc) is 2.93. The molecular formula is C18H19N3OS. The molecule has 1 heterocycles. The fraction of sp³-hybridized carbons (Fsp3) is 0.167. The van der Waals surface area contributed by atoms with Crippen LogP contribution in [0.5, 0.6) is 5.88 Å². The van der Waals surface area contributed by atoms with Crippen molar-refractivity contribution in [1.29, 1.82) is 0 Å². The summed E-state index contributed by atoms with van der Waals surface area (Å²) in [6.45, 7) is 0.603. The Balaban J connectivity index is 2.06. The fourth-order valence-electron chi connectivity index (χ4n) is 2.38. The van der Waals surface area contributed by atoms with Crippen molar-refractivity contribution in [3.63, 3.8) is 0 Å². The van der Waals surface area contributed by atoms with E-state index in [0.717, 1.165) is 22.6 Å². The highest BCUT2D eigenvalue weighted by atomic mass is 32.2. The Morgan fingerprint density at radius 1 is 1.04 bits per heavy atom. The van der Waals surface area contributed by atoms with Crippen molar-refractivity contribution in [3.05, 3.63) is 60.7 Å². The smallest absolute Gasteiger partial charge is 0.243 e. The Hall–Kier alpha value is -2.40. The van der Waals surface area contributed by atoms with E-state index in [4.69, 9.17) is 10.5 Å². The molecule has 0 spiro atoms. The molecule has 0 aliphatic heterocycles. The van der Waals surface area contributed by atoms with Gasteiger partial charge >= 0.3 is 0 Å². The van der Waals surface area contributed by atoms with E-state index in [1.165, 1.54) is 0 Å². The van der Waals surface area contributed by atoms with Gasteiger partial charge in [0.1, 0.15) is 5.82 Å². The van der Waals surface area contributed by atoms with Crippen LogP contribution in [0.2, 0.25) is 0 Å². The van der Waals surface area contributed by atoms with Crippen molar-refractivity contribution in [2.45, 2.75) is 0 Å². The maximum atomic E-state index is 6.39. The lowest BCUT2D eigenvalue weighted by molar-refractivity contribution is 0.329. The van der Waals surface area contributed by atoms with Crippen LogP contribution in [0, 0.1) is 0 Å². The van der Waals surface area contributed by atoms with Crippen LogP contribution in [0.15, 0.2) is 60.7 Å². The van der Waals surface area contributed by atoms with Gasteiger partial charge in [-0.05, 0) is 24.0 Å². The predicted molar refractivity (Wildman–Crippen MR) is 97.3 cm³/mol. The number of nitrogens with two attached hydrogens (primary N) is 1. The normalized spacial score (nSPS) is 10.7. The largest absolute Gasteiger partial charge is 0.475 e. The molecule has 0 aliphatic rings. The average molecular weight is 325 g/mol. The summed E-state index contributed by atoms with van der Waals surface area (Å²) >= 11 is 1.74. The van der Waals surface area contributed by atoms with Crippen molar-refractivity contribution in [3.8, 4) is 22.7 Å². The zero-order valence-electron chi connectivity index (χ0n) is 13.0. The molecule has 0 bridgehead atoms. The Bertz CT molecular complexity index is 757. The van der Waals surface area contributed by atoms with Crippen molar-refractivity contribution in [2.75, 3.05) is 24.3 Å². The third-order valence-corrected chi connectivity index (χ3v) is 4.05. The van der Waals surface area contributed by atoms with Gasteiger partial charge in [0.05, 0.1) is 17.9 Å². The fourth-order valence-corrected chi connectivity index (χ4v) is 2.63. The first-order valence-electron chi connectivity index (χ1n) is 7.42. The van der Waals surface area contributed by atoms with Crippen LogP contribution in [0.3, 0.4) is 0 Å².